The van der Waals surface area contributed by atoms with Crippen molar-refractivity contribution in [2.24, 2.45) is 12.8 Å². The van der Waals surface area contributed by atoms with Crippen LogP contribution in [0, 0.1) is 11.8 Å². The zero-order chi connectivity index (χ0) is 14.5. The van der Waals surface area contributed by atoms with E-state index in [1.807, 2.05) is 11.4 Å². The van der Waals surface area contributed by atoms with E-state index in [-0.39, 0.29) is 0 Å². The Kier molecular flexibility index (Phi) is 4.79. The van der Waals surface area contributed by atoms with Gasteiger partial charge in [0.1, 0.15) is 0 Å². The number of aromatic nitrogens is 3. The van der Waals surface area contributed by atoms with E-state index in [0.717, 1.165) is 10.4 Å². The van der Waals surface area contributed by atoms with Crippen LogP contribution in [0.1, 0.15) is 10.4 Å². The number of aryl methyl sites for hydroxylation is 1. The molecule has 0 saturated carbocycles. The van der Waals surface area contributed by atoms with E-state index in [1.54, 1.807) is 18.4 Å². The van der Waals surface area contributed by atoms with Gasteiger partial charge in [-0.05, 0) is 6.07 Å². The van der Waals surface area contributed by atoms with Crippen LogP contribution in [0.2, 0.25) is 0 Å². The minimum Gasteiger partial charge on any atom is -0.320 e. The van der Waals surface area contributed by atoms with Gasteiger partial charge in [-0.15, -0.1) is 11.3 Å². The highest BCUT2D eigenvalue weighted by Crippen LogP contribution is 2.23. The Morgan fingerprint density at radius 2 is 2.35 bits per heavy atom. The van der Waals surface area contributed by atoms with Gasteiger partial charge in [0, 0.05) is 28.6 Å². The molecule has 20 heavy (non-hydrogen) atoms. The first kappa shape index (κ1) is 14.6. The maximum Gasteiger partial charge on any atom is 0.339 e. The molecule has 6 nitrogen and oxygen atoms in total. The lowest BCUT2D eigenvalue weighted by atomic mass is 10.3. The minimum absolute atomic E-state index is 0.337. The number of hydrogen-bond donors (Lipinski definition) is 2. The predicted octanol–water partition coefficient (Wildman–Crippen LogP) is 0.133. The van der Waals surface area contributed by atoms with Crippen molar-refractivity contribution in [1.82, 2.24) is 14.8 Å². The van der Waals surface area contributed by atoms with E-state index >= 15 is 0 Å². The fourth-order valence-corrected chi connectivity index (χ4v) is 3.19. The highest BCUT2D eigenvalue weighted by molar-refractivity contribution is 7.98. The second-order valence-corrected chi connectivity index (χ2v) is 5.73. The molecule has 8 heteroatoms. The summed E-state index contributed by atoms with van der Waals surface area (Å²) in [5.41, 5.74) is 4.76. The van der Waals surface area contributed by atoms with Crippen molar-refractivity contribution in [2.45, 2.75) is 10.9 Å². The molecule has 0 unspecified atom stereocenters. The van der Waals surface area contributed by atoms with Crippen molar-refractivity contribution in [3.63, 3.8) is 0 Å². The lowest BCUT2D eigenvalue weighted by Crippen LogP contribution is -2.33. The van der Waals surface area contributed by atoms with Crippen LogP contribution in [0.4, 0.5) is 0 Å². The quantitative estimate of drug-likeness (QED) is 0.478. The molecule has 0 bridgehead atoms. The van der Waals surface area contributed by atoms with Crippen molar-refractivity contribution in [1.29, 1.82) is 0 Å². The Bertz CT molecular complexity index is 779. The van der Waals surface area contributed by atoms with Gasteiger partial charge in [0.25, 0.3) is 0 Å². The summed E-state index contributed by atoms with van der Waals surface area (Å²) in [6.07, 6.45) is 0. The van der Waals surface area contributed by atoms with Gasteiger partial charge >= 0.3 is 11.1 Å². The molecule has 2 heterocycles. The number of thiophene rings is 1. The third-order valence-corrected chi connectivity index (χ3v) is 4.48. The standard InChI is InChI=1S/C12H12N4O2S2/c1-16-12(14-10(17)11(18)15-16)20-7-9-5-8(6-19-9)3-2-4-13/h5-6H,4,7,13H2,1H3,(H,15,18). The Morgan fingerprint density at radius 1 is 1.55 bits per heavy atom. The average Bonchev–Trinajstić information content (AvgIpc) is 2.87. The minimum atomic E-state index is -0.772. The maximum atomic E-state index is 11.2. The molecule has 0 fully saturated rings. The van der Waals surface area contributed by atoms with Gasteiger partial charge in [-0.25, -0.2) is 0 Å². The molecule has 2 aromatic rings. The molecular formula is C12H12N4O2S2. The van der Waals surface area contributed by atoms with Gasteiger partial charge in [0.15, 0.2) is 5.16 Å². The highest BCUT2D eigenvalue weighted by atomic mass is 32.2. The normalized spacial score (nSPS) is 10.1. The van der Waals surface area contributed by atoms with Crippen LogP contribution in [0.3, 0.4) is 0 Å². The number of H-pyrrole nitrogens is 1. The van der Waals surface area contributed by atoms with E-state index in [0.29, 0.717) is 17.5 Å². The van der Waals surface area contributed by atoms with E-state index in [1.165, 1.54) is 16.4 Å². The largest absolute Gasteiger partial charge is 0.339 e. The molecule has 2 aromatic heterocycles. The number of nitrogens with two attached hydrogens (primary N) is 1. The Labute approximate surface area is 123 Å². The Hall–Kier alpha value is -1.82. The summed E-state index contributed by atoms with van der Waals surface area (Å²) in [7, 11) is 1.64. The smallest absolute Gasteiger partial charge is 0.320 e. The zero-order valence-corrected chi connectivity index (χ0v) is 12.3. The van der Waals surface area contributed by atoms with Crippen molar-refractivity contribution in [3.05, 3.63) is 42.6 Å². The first-order chi connectivity index (χ1) is 9.60. The summed E-state index contributed by atoms with van der Waals surface area (Å²) in [4.78, 5) is 27.1. The van der Waals surface area contributed by atoms with Gasteiger partial charge in [0.05, 0.1) is 6.54 Å². The third-order valence-electron chi connectivity index (χ3n) is 2.28. The topological polar surface area (TPSA) is 93.8 Å². The molecule has 0 saturated heterocycles. The average molecular weight is 308 g/mol. The molecule has 0 atom stereocenters. The summed E-state index contributed by atoms with van der Waals surface area (Å²) in [5, 5.41) is 4.84. The maximum absolute atomic E-state index is 11.2. The first-order valence-corrected chi connectivity index (χ1v) is 7.53. The van der Waals surface area contributed by atoms with E-state index in [4.69, 9.17) is 5.73 Å². The van der Waals surface area contributed by atoms with Crippen LogP contribution in [-0.2, 0) is 12.8 Å². The molecule has 0 spiro atoms. The molecule has 104 valence electrons. The number of thioether (sulfide) groups is 1. The van der Waals surface area contributed by atoms with E-state index in [2.05, 4.69) is 21.9 Å². The van der Waals surface area contributed by atoms with Crippen LogP contribution in [0.25, 0.3) is 0 Å². The van der Waals surface area contributed by atoms with Crippen molar-refractivity contribution in [3.8, 4) is 11.8 Å². The number of aromatic amines is 1. The molecule has 0 aliphatic carbocycles. The fraction of sp³-hybridized carbons (Fsp3) is 0.250. The zero-order valence-electron chi connectivity index (χ0n) is 10.7. The fourth-order valence-electron chi connectivity index (χ4n) is 1.40. The van der Waals surface area contributed by atoms with Gasteiger partial charge in [-0.2, -0.15) is 4.98 Å². The van der Waals surface area contributed by atoms with Crippen LogP contribution in [0.5, 0.6) is 0 Å². The summed E-state index contributed by atoms with van der Waals surface area (Å²) >= 11 is 2.96. The van der Waals surface area contributed by atoms with E-state index in [9.17, 15) is 9.59 Å². The summed E-state index contributed by atoms with van der Waals surface area (Å²) in [6, 6.07) is 1.98. The first-order valence-electron chi connectivity index (χ1n) is 5.66. The number of rotatable bonds is 3. The van der Waals surface area contributed by atoms with Crippen LogP contribution >= 0.6 is 23.1 Å². The van der Waals surface area contributed by atoms with Crippen molar-refractivity contribution >= 4 is 23.1 Å². The summed E-state index contributed by atoms with van der Waals surface area (Å²) in [6.45, 7) is 0.337. The van der Waals surface area contributed by atoms with Crippen molar-refractivity contribution in [2.75, 3.05) is 6.54 Å². The summed E-state index contributed by atoms with van der Waals surface area (Å²) in [5.74, 6) is 6.41. The third kappa shape index (κ3) is 3.60. The van der Waals surface area contributed by atoms with Crippen molar-refractivity contribution < 1.29 is 0 Å². The molecule has 3 N–H and O–H groups in total. The molecule has 0 aliphatic rings. The van der Waals surface area contributed by atoms with Crippen LogP contribution in [0.15, 0.2) is 26.2 Å². The number of hydrogen-bond acceptors (Lipinski definition) is 6. The second-order valence-electron chi connectivity index (χ2n) is 3.80. The summed E-state index contributed by atoms with van der Waals surface area (Å²) < 4.78 is 1.44. The monoisotopic (exact) mass is 308 g/mol. The predicted molar refractivity (Wildman–Crippen MR) is 79.9 cm³/mol. The lowest BCUT2D eigenvalue weighted by molar-refractivity contribution is 0.596. The second kappa shape index (κ2) is 6.56. The van der Waals surface area contributed by atoms with Crippen LogP contribution in [-0.4, -0.2) is 21.3 Å². The Morgan fingerprint density at radius 3 is 3.10 bits per heavy atom. The SMILES string of the molecule is Cn1[nH]c(=O)c(=O)nc1SCc1cc(C#CCN)cs1. The van der Waals surface area contributed by atoms with E-state index < -0.39 is 11.1 Å². The molecule has 0 aromatic carbocycles. The Balaban J connectivity index is 2.09. The highest BCUT2D eigenvalue weighted by Gasteiger charge is 2.06. The lowest BCUT2D eigenvalue weighted by Gasteiger charge is -2.04. The molecule has 0 amide bonds. The van der Waals surface area contributed by atoms with Gasteiger partial charge in [-0.1, -0.05) is 23.6 Å². The molecule has 0 radical (unpaired) electrons. The number of nitrogens with one attached hydrogen (secondary N) is 1. The molecular weight excluding hydrogens is 296 g/mol. The van der Waals surface area contributed by atoms with Crippen LogP contribution < -0.4 is 16.9 Å². The van der Waals surface area contributed by atoms with Gasteiger partial charge < -0.3 is 5.73 Å². The molecule has 2 rings (SSSR count). The number of nitrogens with zero attached hydrogens (tertiary/aromatic N) is 2. The molecule has 0 aliphatic heterocycles. The van der Waals surface area contributed by atoms with Gasteiger partial charge in [0.2, 0.25) is 0 Å². The van der Waals surface area contributed by atoms with Gasteiger partial charge in [-0.3, -0.25) is 19.4 Å².